The molecule has 5 nitrogen and oxygen atoms in total. The van der Waals surface area contributed by atoms with Gasteiger partial charge in [0.15, 0.2) is 0 Å². The van der Waals surface area contributed by atoms with Crippen molar-refractivity contribution in [2.24, 2.45) is 0 Å². The molecule has 0 fully saturated rings. The molecule has 0 aliphatic rings. The molecule has 0 aliphatic heterocycles. The minimum Gasteiger partial charge on any atom is -0.341 e. The van der Waals surface area contributed by atoms with E-state index in [1.54, 1.807) is 0 Å². The maximum absolute atomic E-state index is 10.7. The molecule has 58 valence electrons. The summed E-state index contributed by atoms with van der Waals surface area (Å²) in [6.07, 6.45) is 0. The van der Waals surface area contributed by atoms with Crippen LogP contribution in [0.1, 0.15) is 0 Å². The Balaban J connectivity index is 3.94. The van der Waals surface area contributed by atoms with E-state index in [0.717, 1.165) is 4.90 Å². The maximum atomic E-state index is 10.7. The first-order chi connectivity index (χ1) is 4.63. The van der Waals surface area contributed by atoms with Crippen LogP contribution >= 0.6 is 0 Å². The lowest BCUT2D eigenvalue weighted by Gasteiger charge is -2.12. The lowest BCUT2D eigenvalue weighted by molar-refractivity contribution is 0.197. The molecule has 0 saturated heterocycles. The minimum absolute atomic E-state index is 0.431. The lowest BCUT2D eigenvalue weighted by atomic mass is 10.7. The van der Waals surface area contributed by atoms with E-state index in [2.05, 4.69) is 10.6 Å². The summed E-state index contributed by atoms with van der Waals surface area (Å²) < 4.78 is 0. The normalized spacial score (nSPS) is 8.30. The van der Waals surface area contributed by atoms with Crippen LogP contribution in [0, 0.1) is 0 Å². The highest BCUT2D eigenvalue weighted by Crippen LogP contribution is 1.82. The Morgan fingerprint density at radius 1 is 1.10 bits per heavy atom. The van der Waals surface area contributed by atoms with E-state index in [4.69, 9.17) is 0 Å². The van der Waals surface area contributed by atoms with Gasteiger partial charge in [0, 0.05) is 21.1 Å². The van der Waals surface area contributed by atoms with Crippen molar-refractivity contribution in [1.29, 1.82) is 0 Å². The monoisotopic (exact) mass is 145 g/mol. The van der Waals surface area contributed by atoms with Crippen molar-refractivity contribution in [2.75, 3.05) is 21.1 Å². The summed E-state index contributed by atoms with van der Waals surface area (Å²) in [4.78, 5) is 22.3. The van der Waals surface area contributed by atoms with E-state index in [0.29, 0.717) is 0 Å². The molecular weight excluding hydrogens is 134 g/mol. The number of hydrogen-bond acceptors (Lipinski definition) is 2. The molecule has 2 N–H and O–H groups in total. The summed E-state index contributed by atoms with van der Waals surface area (Å²) in [6.45, 7) is 0. The van der Waals surface area contributed by atoms with Crippen LogP contribution in [0.3, 0.4) is 0 Å². The van der Waals surface area contributed by atoms with Gasteiger partial charge < -0.3 is 10.6 Å². The van der Waals surface area contributed by atoms with Gasteiger partial charge in [-0.15, -0.1) is 0 Å². The van der Waals surface area contributed by atoms with Crippen molar-refractivity contribution in [3.63, 3.8) is 0 Å². The van der Waals surface area contributed by atoms with Gasteiger partial charge >= 0.3 is 12.1 Å². The van der Waals surface area contributed by atoms with Crippen LogP contribution in [-0.4, -0.2) is 38.1 Å². The predicted octanol–water partition coefficient (Wildman–Crippen LogP) is -0.403. The zero-order valence-electron chi connectivity index (χ0n) is 6.26. The summed E-state index contributed by atoms with van der Waals surface area (Å²) in [5.74, 6) is 0. The SMILES string of the molecule is CNC(=O)N(C)C(=O)NC. The molecule has 10 heavy (non-hydrogen) atoms. The molecule has 0 aromatic carbocycles. The fraction of sp³-hybridized carbons (Fsp3) is 0.600. The van der Waals surface area contributed by atoms with Crippen LogP contribution in [0.2, 0.25) is 0 Å². The first-order valence-corrected chi connectivity index (χ1v) is 2.80. The molecule has 0 heterocycles. The van der Waals surface area contributed by atoms with Gasteiger partial charge in [0.25, 0.3) is 0 Å². The lowest BCUT2D eigenvalue weighted by Crippen LogP contribution is -2.43. The molecule has 0 unspecified atom stereocenters. The van der Waals surface area contributed by atoms with Crippen molar-refractivity contribution in [1.82, 2.24) is 15.5 Å². The molecule has 0 bridgehead atoms. The minimum atomic E-state index is -0.431. The number of carbonyl (C=O) groups is 2. The van der Waals surface area contributed by atoms with Crippen molar-refractivity contribution in [2.45, 2.75) is 0 Å². The largest absolute Gasteiger partial charge is 0.341 e. The van der Waals surface area contributed by atoms with Crippen molar-refractivity contribution >= 4 is 12.1 Å². The number of rotatable bonds is 0. The quantitative estimate of drug-likeness (QED) is 0.487. The highest BCUT2D eigenvalue weighted by Gasteiger charge is 2.11. The Morgan fingerprint density at radius 3 is 1.60 bits per heavy atom. The number of nitrogens with zero attached hydrogens (tertiary/aromatic N) is 1. The Hall–Kier alpha value is -1.26. The second kappa shape index (κ2) is 3.71. The van der Waals surface area contributed by atoms with E-state index in [9.17, 15) is 9.59 Å². The van der Waals surface area contributed by atoms with Gasteiger partial charge in [0.2, 0.25) is 0 Å². The number of amides is 4. The molecule has 0 radical (unpaired) electrons. The van der Waals surface area contributed by atoms with Gasteiger partial charge in [-0.3, -0.25) is 0 Å². The highest BCUT2D eigenvalue weighted by molar-refractivity contribution is 5.92. The zero-order chi connectivity index (χ0) is 8.15. The third-order valence-electron chi connectivity index (χ3n) is 1.04. The Bertz CT molecular complexity index is 130. The van der Waals surface area contributed by atoms with Crippen LogP contribution in [0.5, 0.6) is 0 Å². The summed E-state index contributed by atoms with van der Waals surface area (Å²) in [6, 6.07) is -0.862. The number of nitrogens with one attached hydrogen (secondary N) is 2. The van der Waals surface area contributed by atoms with E-state index in [1.165, 1.54) is 21.1 Å². The second-order valence-electron chi connectivity index (χ2n) is 1.67. The van der Waals surface area contributed by atoms with E-state index in [-0.39, 0.29) is 0 Å². The average Bonchev–Trinajstić information content (AvgIpc) is 2.00. The van der Waals surface area contributed by atoms with Crippen LogP contribution in [0.4, 0.5) is 9.59 Å². The second-order valence-corrected chi connectivity index (χ2v) is 1.67. The molecule has 0 atom stereocenters. The highest BCUT2D eigenvalue weighted by atomic mass is 16.2. The molecule has 0 rings (SSSR count). The van der Waals surface area contributed by atoms with Crippen molar-refractivity contribution < 1.29 is 9.59 Å². The van der Waals surface area contributed by atoms with Gasteiger partial charge in [-0.1, -0.05) is 0 Å². The first kappa shape index (κ1) is 8.74. The van der Waals surface area contributed by atoms with Gasteiger partial charge in [0.1, 0.15) is 0 Å². The van der Waals surface area contributed by atoms with Gasteiger partial charge in [-0.2, -0.15) is 0 Å². The Kier molecular flexibility index (Phi) is 3.24. The molecule has 0 aliphatic carbocycles. The van der Waals surface area contributed by atoms with Crippen molar-refractivity contribution in [3.05, 3.63) is 0 Å². The van der Waals surface area contributed by atoms with Crippen LogP contribution in [0.25, 0.3) is 0 Å². The molecule has 0 saturated carbocycles. The Labute approximate surface area is 59.4 Å². The van der Waals surface area contributed by atoms with E-state index >= 15 is 0 Å². The summed E-state index contributed by atoms with van der Waals surface area (Å²) in [7, 11) is 4.31. The van der Waals surface area contributed by atoms with E-state index < -0.39 is 12.1 Å². The third kappa shape index (κ3) is 1.93. The molecule has 0 spiro atoms. The van der Waals surface area contributed by atoms with Gasteiger partial charge in [-0.25, -0.2) is 14.5 Å². The molecule has 4 amide bonds. The summed E-state index contributed by atoms with van der Waals surface area (Å²) >= 11 is 0. The number of urea groups is 2. The molecule has 0 aromatic rings. The Morgan fingerprint density at radius 2 is 1.40 bits per heavy atom. The molecular formula is C5H11N3O2. The van der Waals surface area contributed by atoms with Crippen LogP contribution in [-0.2, 0) is 0 Å². The number of imide groups is 1. The standard InChI is InChI=1S/C5H11N3O2/c1-6-4(9)8(3)5(10)7-2/h1-3H3,(H,6,9)(H,7,10). The number of hydrogen-bond donors (Lipinski definition) is 2. The molecule has 5 heteroatoms. The first-order valence-electron chi connectivity index (χ1n) is 2.80. The number of carbonyl (C=O) groups excluding carboxylic acids is 2. The summed E-state index contributed by atoms with van der Waals surface area (Å²) in [5.41, 5.74) is 0. The topological polar surface area (TPSA) is 61.4 Å². The third-order valence-corrected chi connectivity index (χ3v) is 1.04. The average molecular weight is 145 g/mol. The van der Waals surface area contributed by atoms with E-state index in [1.807, 2.05) is 0 Å². The summed E-state index contributed by atoms with van der Waals surface area (Å²) in [5, 5.41) is 4.61. The smallest absolute Gasteiger partial charge is 0.325 e. The predicted molar refractivity (Wildman–Crippen MR) is 36.7 cm³/mol. The zero-order valence-corrected chi connectivity index (χ0v) is 6.26. The fourth-order valence-corrected chi connectivity index (χ4v) is 0.428. The van der Waals surface area contributed by atoms with Gasteiger partial charge in [-0.05, 0) is 0 Å². The maximum Gasteiger partial charge on any atom is 0.325 e. The molecule has 0 aromatic heterocycles. The van der Waals surface area contributed by atoms with Crippen molar-refractivity contribution in [3.8, 4) is 0 Å². The van der Waals surface area contributed by atoms with Gasteiger partial charge in [0.05, 0.1) is 0 Å². The van der Waals surface area contributed by atoms with Crippen LogP contribution in [0.15, 0.2) is 0 Å². The fourth-order valence-electron chi connectivity index (χ4n) is 0.428. The van der Waals surface area contributed by atoms with Crippen LogP contribution < -0.4 is 10.6 Å².